The van der Waals surface area contributed by atoms with Crippen LogP contribution < -0.4 is 0 Å². The highest BCUT2D eigenvalue weighted by Crippen LogP contribution is 2.35. The SMILES string of the molecule is CCC(O)(Cc1sccc1Br)c1cccc(Br)c1. The quantitative estimate of drug-likeness (QED) is 0.769. The molecule has 4 heteroatoms. The van der Waals surface area contributed by atoms with E-state index in [1.165, 1.54) is 4.88 Å². The van der Waals surface area contributed by atoms with E-state index in [0.29, 0.717) is 12.8 Å². The predicted octanol–water partition coefficient (Wildman–Crippen LogP) is 5.11. The molecule has 0 radical (unpaired) electrons. The highest BCUT2D eigenvalue weighted by Gasteiger charge is 2.28. The van der Waals surface area contributed by atoms with Crippen molar-refractivity contribution in [2.75, 3.05) is 0 Å². The zero-order valence-electron chi connectivity index (χ0n) is 9.99. The first-order valence-corrected chi connectivity index (χ1v) is 8.22. The van der Waals surface area contributed by atoms with Crippen LogP contribution in [0.15, 0.2) is 44.7 Å². The van der Waals surface area contributed by atoms with Gasteiger partial charge >= 0.3 is 0 Å². The summed E-state index contributed by atoms with van der Waals surface area (Å²) in [5, 5.41) is 12.9. The third kappa shape index (κ3) is 3.05. The largest absolute Gasteiger partial charge is 0.385 e. The van der Waals surface area contributed by atoms with Crippen LogP contribution in [0.25, 0.3) is 0 Å². The average Bonchev–Trinajstić information content (AvgIpc) is 2.75. The monoisotopic (exact) mass is 388 g/mol. The molecular weight excluding hydrogens is 376 g/mol. The van der Waals surface area contributed by atoms with Crippen molar-refractivity contribution in [1.29, 1.82) is 0 Å². The molecule has 0 amide bonds. The Balaban J connectivity index is 2.33. The maximum Gasteiger partial charge on any atom is 0.0942 e. The van der Waals surface area contributed by atoms with Crippen molar-refractivity contribution in [3.05, 3.63) is 55.1 Å². The van der Waals surface area contributed by atoms with Gasteiger partial charge in [0.1, 0.15) is 0 Å². The minimum Gasteiger partial charge on any atom is -0.385 e. The van der Waals surface area contributed by atoms with Gasteiger partial charge in [-0.05, 0) is 51.5 Å². The van der Waals surface area contributed by atoms with Crippen LogP contribution >= 0.6 is 43.2 Å². The van der Waals surface area contributed by atoms with Crippen molar-refractivity contribution >= 4 is 43.2 Å². The van der Waals surface area contributed by atoms with Crippen molar-refractivity contribution in [3.8, 4) is 0 Å². The third-order valence-electron chi connectivity index (χ3n) is 3.09. The molecule has 0 bridgehead atoms. The molecule has 0 saturated carbocycles. The lowest BCUT2D eigenvalue weighted by Crippen LogP contribution is -2.27. The summed E-state index contributed by atoms with van der Waals surface area (Å²) in [6.07, 6.45) is 1.33. The van der Waals surface area contributed by atoms with Crippen molar-refractivity contribution in [2.24, 2.45) is 0 Å². The van der Waals surface area contributed by atoms with Gasteiger partial charge < -0.3 is 5.11 Å². The fourth-order valence-electron chi connectivity index (χ4n) is 1.93. The fraction of sp³-hybridized carbons (Fsp3) is 0.286. The normalized spacial score (nSPS) is 14.4. The van der Waals surface area contributed by atoms with Gasteiger partial charge in [-0.25, -0.2) is 0 Å². The number of aliphatic hydroxyl groups is 1. The Kier molecular flexibility index (Phi) is 4.64. The first-order chi connectivity index (χ1) is 8.55. The first-order valence-electron chi connectivity index (χ1n) is 5.75. The molecule has 1 nitrogen and oxygen atoms in total. The van der Waals surface area contributed by atoms with E-state index in [1.807, 2.05) is 42.6 Å². The Bertz CT molecular complexity index is 538. The Labute approximate surface area is 128 Å². The van der Waals surface area contributed by atoms with Crippen molar-refractivity contribution in [2.45, 2.75) is 25.4 Å². The highest BCUT2D eigenvalue weighted by atomic mass is 79.9. The predicted molar refractivity (Wildman–Crippen MR) is 84.1 cm³/mol. The highest BCUT2D eigenvalue weighted by molar-refractivity contribution is 9.10. The van der Waals surface area contributed by atoms with Gasteiger partial charge in [-0.15, -0.1) is 11.3 Å². The second-order valence-corrected chi connectivity index (χ2v) is 7.03. The molecule has 1 N–H and O–H groups in total. The number of thiophene rings is 1. The van der Waals surface area contributed by atoms with Gasteiger partial charge in [-0.3, -0.25) is 0 Å². The third-order valence-corrected chi connectivity index (χ3v) is 5.51. The van der Waals surface area contributed by atoms with Crippen molar-refractivity contribution in [1.82, 2.24) is 0 Å². The summed E-state index contributed by atoms with van der Waals surface area (Å²) in [6, 6.07) is 9.93. The van der Waals surface area contributed by atoms with Gasteiger partial charge in [0.25, 0.3) is 0 Å². The maximum atomic E-state index is 10.9. The second kappa shape index (κ2) is 5.87. The number of halogens is 2. The van der Waals surface area contributed by atoms with Gasteiger partial charge in [0, 0.05) is 20.2 Å². The molecule has 0 saturated heterocycles. The molecule has 1 heterocycles. The lowest BCUT2D eigenvalue weighted by Gasteiger charge is -2.27. The zero-order valence-corrected chi connectivity index (χ0v) is 14.0. The van der Waals surface area contributed by atoms with E-state index >= 15 is 0 Å². The molecule has 2 aromatic rings. The van der Waals surface area contributed by atoms with Crippen LogP contribution in [0.1, 0.15) is 23.8 Å². The lowest BCUT2D eigenvalue weighted by molar-refractivity contribution is 0.0333. The molecule has 0 aliphatic heterocycles. The minimum atomic E-state index is -0.808. The van der Waals surface area contributed by atoms with Crippen LogP contribution in [-0.2, 0) is 12.0 Å². The van der Waals surface area contributed by atoms with Crippen molar-refractivity contribution in [3.63, 3.8) is 0 Å². The summed E-state index contributed by atoms with van der Waals surface area (Å²) in [7, 11) is 0. The Morgan fingerprint density at radius 1 is 1.28 bits per heavy atom. The van der Waals surface area contributed by atoms with Crippen LogP contribution in [0.5, 0.6) is 0 Å². The van der Waals surface area contributed by atoms with Crippen LogP contribution in [0, 0.1) is 0 Å². The molecule has 1 aromatic heterocycles. The van der Waals surface area contributed by atoms with Crippen molar-refractivity contribution < 1.29 is 5.11 Å². The van der Waals surface area contributed by atoms with E-state index in [-0.39, 0.29) is 0 Å². The molecule has 0 aliphatic carbocycles. The Morgan fingerprint density at radius 3 is 2.61 bits per heavy atom. The zero-order chi connectivity index (χ0) is 13.2. The average molecular weight is 390 g/mol. The molecule has 0 fully saturated rings. The topological polar surface area (TPSA) is 20.2 Å². The fourth-order valence-corrected chi connectivity index (χ4v) is 3.92. The van der Waals surface area contributed by atoms with Crippen LogP contribution in [-0.4, -0.2) is 5.11 Å². The molecule has 0 aliphatic rings. The molecular formula is C14H14Br2OS. The molecule has 0 spiro atoms. The molecule has 1 atom stereocenters. The van der Waals surface area contributed by atoms with Gasteiger partial charge in [0.2, 0.25) is 0 Å². The van der Waals surface area contributed by atoms with Crippen LogP contribution in [0.2, 0.25) is 0 Å². The van der Waals surface area contributed by atoms with Gasteiger partial charge in [0.15, 0.2) is 0 Å². The number of hydrogen-bond donors (Lipinski definition) is 1. The summed E-state index contributed by atoms with van der Waals surface area (Å²) in [4.78, 5) is 1.18. The molecule has 18 heavy (non-hydrogen) atoms. The Hall–Kier alpha value is -0.160. The standard InChI is InChI=1S/C14H14Br2OS/c1-2-14(17,9-13-12(16)6-7-18-13)10-4-3-5-11(15)8-10/h3-8,17H,2,9H2,1H3. The van der Waals surface area contributed by atoms with E-state index in [1.54, 1.807) is 11.3 Å². The van der Waals surface area contributed by atoms with Crippen LogP contribution in [0.3, 0.4) is 0 Å². The first kappa shape index (κ1) is 14.3. The lowest BCUT2D eigenvalue weighted by atomic mass is 9.87. The summed E-state index contributed by atoms with van der Waals surface area (Å²) in [6.45, 7) is 2.02. The summed E-state index contributed by atoms with van der Waals surface area (Å²) < 4.78 is 2.08. The summed E-state index contributed by atoms with van der Waals surface area (Å²) >= 11 is 8.66. The molecule has 96 valence electrons. The number of hydrogen-bond acceptors (Lipinski definition) is 2. The van der Waals surface area contributed by atoms with E-state index in [4.69, 9.17) is 0 Å². The van der Waals surface area contributed by atoms with Gasteiger partial charge in [-0.1, -0.05) is 35.0 Å². The van der Waals surface area contributed by atoms with E-state index in [9.17, 15) is 5.11 Å². The Morgan fingerprint density at radius 2 is 2.06 bits per heavy atom. The summed E-state index contributed by atoms with van der Waals surface area (Å²) in [5.74, 6) is 0. The molecule has 2 rings (SSSR count). The van der Waals surface area contributed by atoms with Gasteiger partial charge in [0.05, 0.1) is 5.60 Å². The summed E-state index contributed by atoms with van der Waals surface area (Å²) in [5.41, 5.74) is 0.150. The smallest absolute Gasteiger partial charge is 0.0942 e. The van der Waals surface area contributed by atoms with Gasteiger partial charge in [-0.2, -0.15) is 0 Å². The van der Waals surface area contributed by atoms with E-state index in [2.05, 4.69) is 31.9 Å². The molecule has 1 unspecified atom stereocenters. The number of benzene rings is 1. The second-order valence-electron chi connectivity index (χ2n) is 4.26. The van der Waals surface area contributed by atoms with E-state index in [0.717, 1.165) is 14.5 Å². The number of rotatable bonds is 4. The maximum absolute atomic E-state index is 10.9. The van der Waals surface area contributed by atoms with E-state index < -0.39 is 5.60 Å². The minimum absolute atomic E-state index is 0.637. The van der Waals surface area contributed by atoms with Crippen LogP contribution in [0.4, 0.5) is 0 Å². The molecule has 1 aromatic carbocycles.